The maximum atomic E-state index is 11.9. The molecule has 1 atom stereocenters. The van der Waals surface area contributed by atoms with Crippen molar-refractivity contribution in [3.05, 3.63) is 42.0 Å². The largest absolute Gasteiger partial charge is 0.462 e. The van der Waals surface area contributed by atoms with E-state index in [4.69, 9.17) is 4.74 Å². The molecule has 1 N–H and O–H groups in total. The normalized spacial score (nSPS) is 16.9. The molecular weight excluding hydrogens is 254 g/mol. The van der Waals surface area contributed by atoms with Crippen LogP contribution >= 0.6 is 0 Å². The number of carbonyl (C=O) groups excluding carboxylic acids is 2. The van der Waals surface area contributed by atoms with Crippen LogP contribution in [0.5, 0.6) is 0 Å². The number of esters is 1. The lowest BCUT2D eigenvalue weighted by atomic mass is 10.0. The Hall–Kier alpha value is -2.10. The van der Waals surface area contributed by atoms with Gasteiger partial charge in [0.25, 0.3) is 0 Å². The maximum Gasteiger partial charge on any atom is 0.338 e. The number of allylic oxidation sites excluding steroid dienone is 2. The highest BCUT2D eigenvalue weighted by atomic mass is 16.5. The fourth-order valence-corrected chi connectivity index (χ4v) is 2.22. The number of hydrogen-bond donors (Lipinski definition) is 1. The van der Waals surface area contributed by atoms with Crippen LogP contribution in [0.3, 0.4) is 0 Å². The van der Waals surface area contributed by atoms with Crippen molar-refractivity contribution >= 4 is 17.6 Å². The van der Waals surface area contributed by atoms with Crippen LogP contribution in [0.15, 0.2) is 36.4 Å². The summed E-state index contributed by atoms with van der Waals surface area (Å²) < 4.78 is 4.90. The molecule has 1 aromatic rings. The summed E-state index contributed by atoms with van der Waals surface area (Å²) >= 11 is 0. The third-order valence-corrected chi connectivity index (χ3v) is 3.24. The van der Waals surface area contributed by atoms with Gasteiger partial charge < -0.3 is 10.1 Å². The molecule has 0 unspecified atom stereocenters. The molecule has 0 fully saturated rings. The van der Waals surface area contributed by atoms with Gasteiger partial charge in [0.2, 0.25) is 5.91 Å². The second-order valence-corrected chi connectivity index (χ2v) is 4.82. The van der Waals surface area contributed by atoms with E-state index < -0.39 is 0 Å². The van der Waals surface area contributed by atoms with Gasteiger partial charge in [-0.1, -0.05) is 12.2 Å². The molecule has 0 spiro atoms. The van der Waals surface area contributed by atoms with Gasteiger partial charge in [-0.2, -0.15) is 0 Å². The average Bonchev–Trinajstić information content (AvgIpc) is 2.92. The number of anilines is 1. The van der Waals surface area contributed by atoms with Crippen LogP contribution in [0.25, 0.3) is 0 Å². The second-order valence-electron chi connectivity index (χ2n) is 4.82. The topological polar surface area (TPSA) is 55.4 Å². The Kier molecular flexibility index (Phi) is 4.93. The molecule has 4 nitrogen and oxygen atoms in total. The third kappa shape index (κ3) is 3.95. The van der Waals surface area contributed by atoms with Crippen molar-refractivity contribution in [2.75, 3.05) is 11.9 Å². The van der Waals surface area contributed by atoms with Gasteiger partial charge in [-0.3, -0.25) is 4.79 Å². The number of carbonyl (C=O) groups is 2. The van der Waals surface area contributed by atoms with Crippen molar-refractivity contribution < 1.29 is 14.3 Å². The van der Waals surface area contributed by atoms with Crippen LogP contribution in [-0.4, -0.2) is 18.5 Å². The van der Waals surface area contributed by atoms with Crippen LogP contribution in [0.4, 0.5) is 5.69 Å². The minimum absolute atomic E-state index is 0.00503. The molecule has 0 radical (unpaired) electrons. The van der Waals surface area contributed by atoms with Gasteiger partial charge in [-0.05, 0) is 49.9 Å². The molecule has 0 bridgehead atoms. The second kappa shape index (κ2) is 6.89. The summed E-state index contributed by atoms with van der Waals surface area (Å²) in [5, 5.41) is 2.84. The highest BCUT2D eigenvalue weighted by molar-refractivity contribution is 5.93. The van der Waals surface area contributed by atoms with E-state index in [2.05, 4.69) is 17.5 Å². The van der Waals surface area contributed by atoms with Gasteiger partial charge in [0.05, 0.1) is 12.2 Å². The van der Waals surface area contributed by atoms with E-state index in [0.717, 1.165) is 12.8 Å². The van der Waals surface area contributed by atoms with Gasteiger partial charge >= 0.3 is 5.97 Å². The average molecular weight is 273 g/mol. The molecule has 0 aliphatic heterocycles. The number of ether oxygens (including phenoxy) is 1. The van der Waals surface area contributed by atoms with Crippen molar-refractivity contribution in [1.82, 2.24) is 0 Å². The fraction of sp³-hybridized carbons (Fsp3) is 0.375. The molecule has 1 aliphatic rings. The SMILES string of the molecule is CCOC(=O)c1ccc(NC(=O)C[C@@H]2C=CCC2)cc1. The van der Waals surface area contributed by atoms with E-state index in [1.54, 1.807) is 31.2 Å². The molecule has 4 heteroatoms. The summed E-state index contributed by atoms with van der Waals surface area (Å²) in [6, 6.07) is 6.75. The van der Waals surface area contributed by atoms with Gasteiger partial charge in [-0.25, -0.2) is 4.79 Å². The van der Waals surface area contributed by atoms with Gasteiger partial charge in [-0.15, -0.1) is 0 Å². The van der Waals surface area contributed by atoms with Gasteiger partial charge in [0, 0.05) is 12.1 Å². The van der Waals surface area contributed by atoms with Crippen molar-refractivity contribution in [2.24, 2.45) is 5.92 Å². The Morgan fingerprint density at radius 1 is 1.30 bits per heavy atom. The zero-order valence-electron chi connectivity index (χ0n) is 11.6. The zero-order chi connectivity index (χ0) is 14.4. The number of benzene rings is 1. The Morgan fingerprint density at radius 3 is 2.65 bits per heavy atom. The summed E-state index contributed by atoms with van der Waals surface area (Å²) in [6.07, 6.45) is 6.84. The van der Waals surface area contributed by atoms with Crippen molar-refractivity contribution in [3.63, 3.8) is 0 Å². The predicted octanol–water partition coefficient (Wildman–Crippen LogP) is 3.16. The lowest BCUT2D eigenvalue weighted by Crippen LogP contribution is -2.15. The Morgan fingerprint density at radius 2 is 2.05 bits per heavy atom. The minimum Gasteiger partial charge on any atom is -0.462 e. The summed E-state index contributed by atoms with van der Waals surface area (Å²) in [5.74, 6) is 0.0145. The monoisotopic (exact) mass is 273 g/mol. The Labute approximate surface area is 118 Å². The summed E-state index contributed by atoms with van der Waals surface area (Å²) in [7, 11) is 0. The molecule has 1 aromatic carbocycles. The van der Waals surface area contributed by atoms with E-state index in [0.29, 0.717) is 30.2 Å². The van der Waals surface area contributed by atoms with Gasteiger partial charge in [0.1, 0.15) is 0 Å². The fourth-order valence-electron chi connectivity index (χ4n) is 2.22. The lowest BCUT2D eigenvalue weighted by molar-refractivity contribution is -0.116. The standard InChI is InChI=1S/C16H19NO3/c1-2-20-16(19)13-7-9-14(10-8-13)17-15(18)11-12-5-3-4-6-12/h3,5,7-10,12H,2,4,6,11H2,1H3,(H,17,18)/t12-/m1/s1. The van der Waals surface area contributed by atoms with Crippen molar-refractivity contribution in [1.29, 1.82) is 0 Å². The molecule has 0 saturated heterocycles. The van der Waals surface area contributed by atoms with Crippen LogP contribution in [0.2, 0.25) is 0 Å². The molecule has 0 saturated carbocycles. The number of amides is 1. The molecular formula is C16H19NO3. The predicted molar refractivity (Wildman–Crippen MR) is 77.5 cm³/mol. The molecule has 0 heterocycles. The van der Waals surface area contributed by atoms with E-state index in [-0.39, 0.29) is 11.9 Å². The zero-order valence-corrected chi connectivity index (χ0v) is 11.6. The first kappa shape index (κ1) is 14.3. The maximum absolute atomic E-state index is 11.9. The van der Waals surface area contributed by atoms with Crippen LogP contribution < -0.4 is 5.32 Å². The highest BCUT2D eigenvalue weighted by Crippen LogP contribution is 2.21. The first-order valence-corrected chi connectivity index (χ1v) is 6.92. The van der Waals surface area contributed by atoms with Crippen molar-refractivity contribution in [2.45, 2.75) is 26.2 Å². The van der Waals surface area contributed by atoms with Crippen molar-refractivity contribution in [3.8, 4) is 0 Å². The number of nitrogens with one attached hydrogen (secondary N) is 1. The summed E-state index contributed by atoms with van der Waals surface area (Å²) in [5.41, 5.74) is 1.19. The summed E-state index contributed by atoms with van der Waals surface area (Å²) in [6.45, 7) is 2.12. The Bertz CT molecular complexity index is 505. The molecule has 106 valence electrons. The molecule has 0 aromatic heterocycles. The van der Waals surface area contributed by atoms with E-state index >= 15 is 0 Å². The minimum atomic E-state index is -0.346. The molecule has 2 rings (SSSR count). The number of hydrogen-bond acceptors (Lipinski definition) is 3. The highest BCUT2D eigenvalue weighted by Gasteiger charge is 2.14. The summed E-state index contributed by atoms with van der Waals surface area (Å²) in [4.78, 5) is 23.3. The molecule has 20 heavy (non-hydrogen) atoms. The Balaban J connectivity index is 1.88. The van der Waals surface area contributed by atoms with E-state index in [1.165, 1.54) is 0 Å². The van der Waals surface area contributed by atoms with Crippen LogP contribution in [-0.2, 0) is 9.53 Å². The lowest BCUT2D eigenvalue weighted by Gasteiger charge is -2.09. The first-order chi connectivity index (χ1) is 9.69. The third-order valence-electron chi connectivity index (χ3n) is 3.24. The smallest absolute Gasteiger partial charge is 0.338 e. The number of rotatable bonds is 5. The van der Waals surface area contributed by atoms with E-state index in [9.17, 15) is 9.59 Å². The van der Waals surface area contributed by atoms with Gasteiger partial charge in [0.15, 0.2) is 0 Å². The first-order valence-electron chi connectivity index (χ1n) is 6.92. The van der Waals surface area contributed by atoms with Crippen LogP contribution in [0.1, 0.15) is 36.5 Å². The molecule has 1 amide bonds. The quantitative estimate of drug-likeness (QED) is 0.662. The van der Waals surface area contributed by atoms with Crippen LogP contribution in [0, 0.1) is 5.92 Å². The molecule has 1 aliphatic carbocycles. The van der Waals surface area contributed by atoms with E-state index in [1.807, 2.05) is 0 Å².